The molecule has 0 aliphatic heterocycles. The Bertz CT molecular complexity index is 170. The number of carbonyl (C=O) groups excluding carboxylic acids is 1. The molecule has 0 atom stereocenters. The first-order chi connectivity index (χ1) is 6.83. The van der Waals surface area contributed by atoms with E-state index in [2.05, 4.69) is 10.6 Å². The quantitative estimate of drug-likeness (QED) is 0.548. The lowest BCUT2D eigenvalue weighted by Crippen LogP contribution is -2.33. The van der Waals surface area contributed by atoms with E-state index in [0.717, 1.165) is 25.6 Å². The van der Waals surface area contributed by atoms with Crippen LogP contribution in [0.4, 0.5) is 0 Å². The lowest BCUT2D eigenvalue weighted by Gasteiger charge is -2.05. The van der Waals surface area contributed by atoms with Gasteiger partial charge in [-0.3, -0.25) is 4.79 Å². The van der Waals surface area contributed by atoms with Gasteiger partial charge < -0.3 is 15.4 Å². The van der Waals surface area contributed by atoms with Gasteiger partial charge in [-0.1, -0.05) is 0 Å². The first kappa shape index (κ1) is 11.5. The molecule has 0 aromatic carbocycles. The van der Waals surface area contributed by atoms with Gasteiger partial charge in [0.25, 0.3) is 0 Å². The highest BCUT2D eigenvalue weighted by atomic mass is 16.5. The van der Waals surface area contributed by atoms with Crippen LogP contribution in [0.15, 0.2) is 0 Å². The van der Waals surface area contributed by atoms with Crippen molar-refractivity contribution in [1.82, 2.24) is 10.6 Å². The van der Waals surface area contributed by atoms with Gasteiger partial charge in [0.2, 0.25) is 5.91 Å². The van der Waals surface area contributed by atoms with Crippen molar-refractivity contribution in [2.75, 3.05) is 33.4 Å². The average molecular weight is 200 g/mol. The molecular weight excluding hydrogens is 180 g/mol. The van der Waals surface area contributed by atoms with E-state index < -0.39 is 0 Å². The van der Waals surface area contributed by atoms with Crippen LogP contribution in [0.5, 0.6) is 0 Å². The normalized spacial score (nSPS) is 15.5. The number of likely N-dealkylation sites (N-methyl/N-ethyl adjacent to an activating group) is 1. The molecule has 0 bridgehead atoms. The highest BCUT2D eigenvalue weighted by molar-refractivity contribution is 5.77. The molecule has 0 saturated heterocycles. The summed E-state index contributed by atoms with van der Waals surface area (Å²) in [6.07, 6.45) is 3.57. The van der Waals surface area contributed by atoms with Crippen molar-refractivity contribution < 1.29 is 9.53 Å². The van der Waals surface area contributed by atoms with Crippen LogP contribution in [-0.2, 0) is 9.53 Å². The summed E-state index contributed by atoms with van der Waals surface area (Å²) < 4.78 is 5.43. The van der Waals surface area contributed by atoms with Crippen LogP contribution in [0.3, 0.4) is 0 Å². The van der Waals surface area contributed by atoms with Crippen LogP contribution >= 0.6 is 0 Å². The molecule has 14 heavy (non-hydrogen) atoms. The van der Waals surface area contributed by atoms with Gasteiger partial charge >= 0.3 is 0 Å². The maximum absolute atomic E-state index is 11.0. The Balaban J connectivity index is 1.76. The number of nitrogens with one attached hydrogen (secondary N) is 2. The molecule has 4 heteroatoms. The van der Waals surface area contributed by atoms with E-state index >= 15 is 0 Å². The van der Waals surface area contributed by atoms with Gasteiger partial charge in [0.15, 0.2) is 0 Å². The van der Waals surface area contributed by atoms with Crippen molar-refractivity contribution in [2.45, 2.75) is 19.3 Å². The maximum Gasteiger partial charge on any atom is 0.233 e. The van der Waals surface area contributed by atoms with Crippen LogP contribution in [-0.4, -0.2) is 39.3 Å². The summed E-state index contributed by atoms with van der Waals surface area (Å²) in [7, 11) is 1.76. The molecule has 1 aliphatic carbocycles. The van der Waals surface area contributed by atoms with Crippen molar-refractivity contribution in [3.63, 3.8) is 0 Å². The van der Waals surface area contributed by atoms with E-state index in [4.69, 9.17) is 4.74 Å². The predicted molar refractivity (Wildman–Crippen MR) is 55.1 cm³/mol. The molecule has 2 N–H and O–H groups in total. The third-order valence-corrected chi connectivity index (χ3v) is 2.18. The first-order valence-corrected chi connectivity index (χ1v) is 5.32. The molecule has 1 fully saturated rings. The molecule has 0 radical (unpaired) electrons. The number of hydrogen-bond donors (Lipinski definition) is 2. The van der Waals surface area contributed by atoms with Crippen LogP contribution in [0.2, 0.25) is 0 Å². The van der Waals surface area contributed by atoms with E-state index in [0.29, 0.717) is 13.1 Å². The lowest BCUT2D eigenvalue weighted by atomic mass is 10.4. The van der Waals surface area contributed by atoms with Gasteiger partial charge in [-0.25, -0.2) is 0 Å². The maximum atomic E-state index is 11.0. The van der Waals surface area contributed by atoms with E-state index in [1.54, 1.807) is 7.05 Å². The summed E-state index contributed by atoms with van der Waals surface area (Å²) in [4.78, 5) is 11.0. The van der Waals surface area contributed by atoms with E-state index in [9.17, 15) is 4.79 Å². The number of carbonyl (C=O) groups is 1. The summed E-state index contributed by atoms with van der Waals surface area (Å²) in [5, 5.41) is 5.61. The highest BCUT2D eigenvalue weighted by Gasteiger charge is 2.20. The van der Waals surface area contributed by atoms with E-state index in [1.165, 1.54) is 12.8 Å². The summed E-state index contributed by atoms with van der Waals surface area (Å²) >= 11 is 0. The molecule has 0 spiro atoms. The molecule has 1 amide bonds. The van der Waals surface area contributed by atoms with Crippen LogP contribution in [0.25, 0.3) is 0 Å². The first-order valence-electron chi connectivity index (χ1n) is 5.32. The monoisotopic (exact) mass is 200 g/mol. The smallest absolute Gasteiger partial charge is 0.233 e. The summed E-state index contributed by atoms with van der Waals surface area (Å²) in [6, 6.07) is 0. The van der Waals surface area contributed by atoms with Gasteiger partial charge in [-0.2, -0.15) is 0 Å². The largest absolute Gasteiger partial charge is 0.381 e. The highest BCUT2D eigenvalue weighted by Crippen LogP contribution is 2.28. The molecule has 1 rings (SSSR count). The zero-order valence-electron chi connectivity index (χ0n) is 8.84. The fourth-order valence-electron chi connectivity index (χ4n) is 1.16. The molecule has 0 aromatic rings. The van der Waals surface area contributed by atoms with E-state index in [-0.39, 0.29) is 5.91 Å². The van der Waals surface area contributed by atoms with Gasteiger partial charge in [0, 0.05) is 19.8 Å². The van der Waals surface area contributed by atoms with Gasteiger partial charge in [0.1, 0.15) is 0 Å². The minimum absolute atomic E-state index is 0.0506. The Labute approximate surface area is 85.4 Å². The zero-order chi connectivity index (χ0) is 10.2. The van der Waals surface area contributed by atoms with Crippen molar-refractivity contribution in [3.8, 4) is 0 Å². The number of hydrogen-bond acceptors (Lipinski definition) is 3. The summed E-state index contributed by atoms with van der Waals surface area (Å²) in [5.41, 5.74) is 0. The average Bonchev–Trinajstić information content (AvgIpc) is 2.95. The van der Waals surface area contributed by atoms with Crippen LogP contribution < -0.4 is 10.6 Å². The Morgan fingerprint density at radius 1 is 1.50 bits per heavy atom. The second kappa shape index (κ2) is 6.79. The second-order valence-electron chi connectivity index (χ2n) is 3.75. The second-order valence-corrected chi connectivity index (χ2v) is 3.75. The fourth-order valence-corrected chi connectivity index (χ4v) is 1.16. The summed E-state index contributed by atoms with van der Waals surface area (Å²) in [6.45, 7) is 2.77. The van der Waals surface area contributed by atoms with Gasteiger partial charge in [-0.15, -0.1) is 0 Å². The van der Waals surface area contributed by atoms with Crippen molar-refractivity contribution in [3.05, 3.63) is 0 Å². The molecule has 1 aliphatic rings. The Morgan fingerprint density at radius 3 is 2.93 bits per heavy atom. The van der Waals surface area contributed by atoms with Crippen molar-refractivity contribution in [2.24, 2.45) is 5.92 Å². The van der Waals surface area contributed by atoms with E-state index in [1.807, 2.05) is 0 Å². The molecule has 0 aromatic heterocycles. The Hall–Kier alpha value is -0.610. The lowest BCUT2D eigenvalue weighted by molar-refractivity contribution is -0.120. The topological polar surface area (TPSA) is 50.4 Å². The molecule has 4 nitrogen and oxygen atoms in total. The van der Waals surface area contributed by atoms with Crippen LogP contribution in [0, 0.1) is 5.92 Å². The number of ether oxygens (including phenoxy) is 1. The third-order valence-electron chi connectivity index (χ3n) is 2.18. The van der Waals surface area contributed by atoms with Crippen molar-refractivity contribution in [1.29, 1.82) is 0 Å². The molecule has 1 saturated carbocycles. The fraction of sp³-hybridized carbons (Fsp3) is 0.900. The standard InChI is InChI=1S/C10H20N2O2/c1-11-7-10(13)12-5-2-6-14-8-9-3-4-9/h9,11H,2-8H2,1H3,(H,12,13). The SMILES string of the molecule is CNCC(=O)NCCCOCC1CC1. The molecule has 0 heterocycles. The predicted octanol–water partition coefficient (Wildman–Crippen LogP) is 0.139. The summed E-state index contributed by atoms with van der Waals surface area (Å²) in [5.74, 6) is 0.878. The Morgan fingerprint density at radius 2 is 2.29 bits per heavy atom. The minimum Gasteiger partial charge on any atom is -0.381 e. The minimum atomic E-state index is 0.0506. The van der Waals surface area contributed by atoms with Gasteiger partial charge in [-0.05, 0) is 32.2 Å². The zero-order valence-corrected chi connectivity index (χ0v) is 8.84. The Kier molecular flexibility index (Phi) is 5.56. The molecule has 82 valence electrons. The number of rotatable bonds is 8. The number of amides is 1. The van der Waals surface area contributed by atoms with Crippen LogP contribution in [0.1, 0.15) is 19.3 Å². The van der Waals surface area contributed by atoms with Crippen molar-refractivity contribution >= 4 is 5.91 Å². The van der Waals surface area contributed by atoms with Gasteiger partial charge in [0.05, 0.1) is 6.54 Å². The molecule has 0 unspecified atom stereocenters. The third kappa shape index (κ3) is 5.94. The molecular formula is C10H20N2O2.